The number of hydrogen-bond acceptors (Lipinski definition) is 3. The molecule has 1 N–H and O–H groups in total. The van der Waals surface area contributed by atoms with Crippen LogP contribution in [0.1, 0.15) is 39.0 Å². The van der Waals surface area contributed by atoms with Crippen LogP contribution in [-0.4, -0.2) is 61.9 Å². The van der Waals surface area contributed by atoms with E-state index >= 15 is 0 Å². The average Bonchev–Trinajstić information content (AvgIpc) is 2.42. The number of carbonyl (C=O) groups is 2. The zero-order valence-corrected chi connectivity index (χ0v) is 13.2. The molecule has 0 aromatic heterocycles. The molecule has 5 heteroatoms. The zero-order valence-electron chi connectivity index (χ0n) is 13.2. The summed E-state index contributed by atoms with van der Waals surface area (Å²) in [5.74, 6) is 0.427. The first kappa shape index (κ1) is 17.0. The Morgan fingerprint density at radius 3 is 2.25 bits per heavy atom. The Balaban J connectivity index is 2.25. The van der Waals surface area contributed by atoms with Gasteiger partial charge in [0, 0.05) is 39.0 Å². The molecule has 1 rings (SSSR count). The molecule has 0 bridgehead atoms. The monoisotopic (exact) mass is 283 g/mol. The Labute approximate surface area is 122 Å². The van der Waals surface area contributed by atoms with Crippen molar-refractivity contribution in [2.75, 3.05) is 40.3 Å². The van der Waals surface area contributed by atoms with Crippen LogP contribution in [0.25, 0.3) is 0 Å². The van der Waals surface area contributed by atoms with Gasteiger partial charge in [-0.2, -0.15) is 0 Å². The summed E-state index contributed by atoms with van der Waals surface area (Å²) < 4.78 is 0. The van der Waals surface area contributed by atoms with Crippen LogP contribution in [0, 0.1) is 5.92 Å². The summed E-state index contributed by atoms with van der Waals surface area (Å²) in [7, 11) is 3.98. The van der Waals surface area contributed by atoms with E-state index in [9.17, 15) is 9.59 Å². The molecular weight excluding hydrogens is 254 g/mol. The second kappa shape index (κ2) is 8.95. The van der Waals surface area contributed by atoms with Crippen molar-refractivity contribution in [1.82, 2.24) is 15.1 Å². The molecule has 1 aliphatic carbocycles. The smallest absolute Gasteiger partial charge is 0.223 e. The van der Waals surface area contributed by atoms with Gasteiger partial charge in [-0.05, 0) is 26.9 Å². The first-order valence-electron chi connectivity index (χ1n) is 7.68. The van der Waals surface area contributed by atoms with Gasteiger partial charge in [-0.3, -0.25) is 9.59 Å². The lowest BCUT2D eigenvalue weighted by Gasteiger charge is -2.24. The summed E-state index contributed by atoms with van der Waals surface area (Å²) in [5, 5.41) is 2.98. The second-order valence-corrected chi connectivity index (χ2v) is 5.94. The maximum atomic E-state index is 12.0. The summed E-state index contributed by atoms with van der Waals surface area (Å²) in [6.45, 7) is 4.29. The van der Waals surface area contributed by atoms with Gasteiger partial charge < -0.3 is 15.1 Å². The normalized spacial score (nSPS) is 16.2. The Morgan fingerprint density at radius 1 is 1.05 bits per heavy atom. The van der Waals surface area contributed by atoms with Crippen LogP contribution in [0.15, 0.2) is 0 Å². The minimum absolute atomic E-state index is 0.0683. The molecule has 0 unspecified atom stereocenters. The first-order valence-corrected chi connectivity index (χ1v) is 7.68. The van der Waals surface area contributed by atoms with Gasteiger partial charge in [0.15, 0.2) is 0 Å². The quantitative estimate of drug-likeness (QED) is 0.761. The summed E-state index contributed by atoms with van der Waals surface area (Å²) in [6.07, 6.45) is 5.62. The number of rotatable bonds is 7. The van der Waals surface area contributed by atoms with E-state index in [0.717, 1.165) is 19.4 Å². The van der Waals surface area contributed by atoms with Gasteiger partial charge in [0.25, 0.3) is 0 Å². The number of likely N-dealkylation sites (N-methyl/N-ethyl adjacent to an activating group) is 1. The Kier molecular flexibility index (Phi) is 7.59. The van der Waals surface area contributed by atoms with Crippen molar-refractivity contribution in [3.8, 4) is 0 Å². The van der Waals surface area contributed by atoms with Crippen molar-refractivity contribution >= 4 is 11.8 Å². The van der Waals surface area contributed by atoms with E-state index in [0.29, 0.717) is 19.6 Å². The third-order valence-electron chi connectivity index (χ3n) is 3.92. The molecular formula is C15H29N3O2. The summed E-state index contributed by atoms with van der Waals surface area (Å²) in [6, 6.07) is 0. The molecule has 0 spiro atoms. The predicted octanol–water partition coefficient (Wildman–Crippen LogP) is 1.09. The van der Waals surface area contributed by atoms with Crippen molar-refractivity contribution in [3.05, 3.63) is 0 Å². The fourth-order valence-electron chi connectivity index (χ4n) is 2.57. The fourth-order valence-corrected chi connectivity index (χ4v) is 2.57. The van der Waals surface area contributed by atoms with Crippen LogP contribution in [0.4, 0.5) is 0 Å². The van der Waals surface area contributed by atoms with Crippen LogP contribution in [0.3, 0.4) is 0 Å². The van der Waals surface area contributed by atoms with Gasteiger partial charge in [-0.1, -0.05) is 19.3 Å². The third kappa shape index (κ3) is 6.37. The van der Waals surface area contributed by atoms with Crippen LogP contribution >= 0.6 is 0 Å². The SMILES string of the molecule is CC(=O)N(CCNC(=O)C1CCCCC1)CCN(C)C. The van der Waals surface area contributed by atoms with E-state index in [2.05, 4.69) is 10.2 Å². The molecule has 116 valence electrons. The van der Waals surface area contributed by atoms with Crippen LogP contribution in [-0.2, 0) is 9.59 Å². The highest BCUT2D eigenvalue weighted by Gasteiger charge is 2.20. The summed E-state index contributed by atoms with van der Waals surface area (Å²) in [5.41, 5.74) is 0. The molecule has 0 atom stereocenters. The van der Waals surface area contributed by atoms with Gasteiger partial charge in [-0.25, -0.2) is 0 Å². The molecule has 0 saturated heterocycles. The standard InChI is InChI=1S/C15H29N3O2/c1-13(19)18(12-11-17(2)3)10-9-16-15(20)14-7-5-4-6-8-14/h14H,4-12H2,1-3H3,(H,16,20). The van der Waals surface area contributed by atoms with Crippen LogP contribution in [0.2, 0.25) is 0 Å². The predicted molar refractivity (Wildman–Crippen MR) is 80.4 cm³/mol. The van der Waals surface area contributed by atoms with Gasteiger partial charge in [0.1, 0.15) is 0 Å². The number of nitrogens with zero attached hydrogens (tertiary/aromatic N) is 2. The number of amides is 2. The van der Waals surface area contributed by atoms with Crippen molar-refractivity contribution in [1.29, 1.82) is 0 Å². The number of nitrogens with one attached hydrogen (secondary N) is 1. The van der Waals surface area contributed by atoms with Gasteiger partial charge >= 0.3 is 0 Å². The van der Waals surface area contributed by atoms with Crippen LogP contribution in [0.5, 0.6) is 0 Å². The van der Waals surface area contributed by atoms with Crippen molar-refractivity contribution in [3.63, 3.8) is 0 Å². The molecule has 0 aliphatic heterocycles. The zero-order chi connectivity index (χ0) is 15.0. The largest absolute Gasteiger partial charge is 0.354 e. The Morgan fingerprint density at radius 2 is 1.70 bits per heavy atom. The second-order valence-electron chi connectivity index (χ2n) is 5.94. The first-order chi connectivity index (χ1) is 9.50. The molecule has 0 heterocycles. The molecule has 0 radical (unpaired) electrons. The summed E-state index contributed by atoms with van der Waals surface area (Å²) in [4.78, 5) is 27.4. The summed E-state index contributed by atoms with van der Waals surface area (Å²) >= 11 is 0. The lowest BCUT2D eigenvalue weighted by Crippen LogP contribution is -2.42. The number of carbonyl (C=O) groups excluding carboxylic acids is 2. The minimum Gasteiger partial charge on any atom is -0.354 e. The highest BCUT2D eigenvalue weighted by molar-refractivity contribution is 5.78. The topological polar surface area (TPSA) is 52.7 Å². The molecule has 20 heavy (non-hydrogen) atoms. The molecule has 1 aliphatic rings. The van der Waals surface area contributed by atoms with E-state index in [1.54, 1.807) is 11.8 Å². The van der Waals surface area contributed by atoms with E-state index in [4.69, 9.17) is 0 Å². The van der Waals surface area contributed by atoms with Gasteiger partial charge in [-0.15, -0.1) is 0 Å². The Hall–Kier alpha value is -1.10. The van der Waals surface area contributed by atoms with Gasteiger partial charge in [0.2, 0.25) is 11.8 Å². The molecule has 1 saturated carbocycles. The van der Waals surface area contributed by atoms with Crippen molar-refractivity contribution < 1.29 is 9.59 Å². The maximum absolute atomic E-state index is 12.0. The van der Waals surface area contributed by atoms with E-state index in [-0.39, 0.29) is 17.7 Å². The molecule has 1 fully saturated rings. The van der Waals surface area contributed by atoms with Crippen molar-refractivity contribution in [2.45, 2.75) is 39.0 Å². The van der Waals surface area contributed by atoms with Crippen LogP contribution < -0.4 is 5.32 Å². The van der Waals surface area contributed by atoms with E-state index < -0.39 is 0 Å². The van der Waals surface area contributed by atoms with E-state index in [1.165, 1.54) is 19.3 Å². The molecule has 0 aromatic carbocycles. The maximum Gasteiger partial charge on any atom is 0.223 e. The average molecular weight is 283 g/mol. The molecule has 5 nitrogen and oxygen atoms in total. The lowest BCUT2D eigenvalue weighted by molar-refractivity contribution is -0.130. The lowest BCUT2D eigenvalue weighted by atomic mass is 9.89. The fraction of sp³-hybridized carbons (Fsp3) is 0.867. The van der Waals surface area contributed by atoms with Crippen molar-refractivity contribution in [2.24, 2.45) is 5.92 Å². The highest BCUT2D eigenvalue weighted by atomic mass is 16.2. The minimum atomic E-state index is 0.0683. The third-order valence-corrected chi connectivity index (χ3v) is 3.92. The Bertz CT molecular complexity index is 312. The highest BCUT2D eigenvalue weighted by Crippen LogP contribution is 2.23. The molecule has 0 aromatic rings. The molecule has 2 amide bonds. The van der Waals surface area contributed by atoms with E-state index in [1.807, 2.05) is 14.1 Å². The number of hydrogen-bond donors (Lipinski definition) is 1. The van der Waals surface area contributed by atoms with Gasteiger partial charge in [0.05, 0.1) is 0 Å².